The lowest BCUT2D eigenvalue weighted by Crippen LogP contribution is -2.35. The van der Waals surface area contributed by atoms with Gasteiger partial charge in [0.2, 0.25) is 10.0 Å². The number of rotatable bonds is 10. The van der Waals surface area contributed by atoms with Crippen LogP contribution in [0.3, 0.4) is 0 Å². The Morgan fingerprint density at radius 2 is 1.90 bits per heavy atom. The van der Waals surface area contributed by atoms with Gasteiger partial charge < -0.3 is 9.64 Å². The fourth-order valence-corrected chi connectivity index (χ4v) is 5.01. The van der Waals surface area contributed by atoms with Gasteiger partial charge in [-0.3, -0.25) is 9.59 Å². The van der Waals surface area contributed by atoms with Crippen LogP contribution in [0.25, 0.3) is 0 Å². The van der Waals surface area contributed by atoms with Crippen molar-refractivity contribution in [3.8, 4) is 0 Å². The first-order valence-electron chi connectivity index (χ1n) is 10.5. The maximum Gasteiger partial charge on any atom is 0.307 e. The fourth-order valence-electron chi connectivity index (χ4n) is 3.66. The average molecular weight is 423 g/mol. The largest absolute Gasteiger partial charge is 0.466 e. The maximum absolute atomic E-state index is 13.1. The second-order valence-electron chi connectivity index (χ2n) is 7.88. The van der Waals surface area contributed by atoms with Crippen LogP contribution in [-0.2, 0) is 19.6 Å². The standard InChI is InChI=1S/C21H30N2O5S/c1-2-28-20(24)12-13-23(15-16-10-11-16)21(25)17-6-5-9-19(14-17)29(26,27)22-18-7-3-4-8-18/h5-6,9,14,16,18,22H,2-4,7-8,10-13,15H2,1H3. The highest BCUT2D eigenvalue weighted by Gasteiger charge is 2.29. The molecular weight excluding hydrogens is 392 g/mol. The minimum absolute atomic E-state index is 0.0321. The maximum atomic E-state index is 13.1. The predicted octanol–water partition coefficient (Wildman–Crippen LogP) is 2.71. The number of ether oxygens (including phenoxy) is 1. The van der Waals surface area contributed by atoms with Crippen LogP contribution in [0.4, 0.5) is 0 Å². The van der Waals surface area contributed by atoms with Gasteiger partial charge in [0.05, 0.1) is 17.9 Å². The van der Waals surface area contributed by atoms with Gasteiger partial charge in [0.25, 0.3) is 5.91 Å². The third-order valence-electron chi connectivity index (χ3n) is 5.42. The van der Waals surface area contributed by atoms with E-state index in [9.17, 15) is 18.0 Å². The Balaban J connectivity index is 1.71. The molecule has 0 radical (unpaired) electrons. The normalized spacial score (nSPS) is 17.3. The Labute approximate surface area is 172 Å². The Hall–Kier alpha value is -1.93. The summed E-state index contributed by atoms with van der Waals surface area (Å²) in [6, 6.07) is 6.13. The highest BCUT2D eigenvalue weighted by molar-refractivity contribution is 7.89. The second kappa shape index (κ2) is 9.71. The van der Waals surface area contributed by atoms with Gasteiger partial charge in [-0.2, -0.15) is 0 Å². The van der Waals surface area contributed by atoms with Crippen molar-refractivity contribution in [3.05, 3.63) is 29.8 Å². The highest BCUT2D eigenvalue weighted by atomic mass is 32.2. The number of sulfonamides is 1. The summed E-state index contributed by atoms with van der Waals surface area (Å²) in [6.07, 6.45) is 6.03. The molecule has 8 heteroatoms. The summed E-state index contributed by atoms with van der Waals surface area (Å²) in [5.41, 5.74) is 0.323. The number of hydrogen-bond donors (Lipinski definition) is 1. The zero-order chi connectivity index (χ0) is 20.9. The van der Waals surface area contributed by atoms with E-state index in [-0.39, 0.29) is 35.8 Å². The Morgan fingerprint density at radius 3 is 2.55 bits per heavy atom. The molecule has 2 aliphatic rings. The molecule has 3 rings (SSSR count). The van der Waals surface area contributed by atoms with Gasteiger partial charge in [-0.15, -0.1) is 0 Å². The number of amides is 1. The van der Waals surface area contributed by atoms with Crippen LogP contribution in [0.2, 0.25) is 0 Å². The van der Waals surface area contributed by atoms with Crippen molar-refractivity contribution in [3.63, 3.8) is 0 Å². The molecule has 2 fully saturated rings. The minimum atomic E-state index is -3.66. The lowest BCUT2D eigenvalue weighted by Gasteiger charge is -2.23. The van der Waals surface area contributed by atoms with E-state index in [0.717, 1.165) is 38.5 Å². The number of benzene rings is 1. The Bertz CT molecular complexity index is 829. The number of carbonyl (C=O) groups is 2. The van der Waals surface area contributed by atoms with Crippen LogP contribution in [-0.4, -0.2) is 50.9 Å². The van der Waals surface area contributed by atoms with Gasteiger partial charge in [-0.1, -0.05) is 18.9 Å². The van der Waals surface area contributed by atoms with Crippen molar-refractivity contribution in [1.29, 1.82) is 0 Å². The topological polar surface area (TPSA) is 92.8 Å². The summed E-state index contributed by atoms with van der Waals surface area (Å²) in [7, 11) is -3.66. The van der Waals surface area contributed by atoms with Gasteiger partial charge in [0.1, 0.15) is 0 Å². The summed E-state index contributed by atoms with van der Waals surface area (Å²) in [5.74, 6) is -0.130. The van der Waals surface area contributed by atoms with E-state index in [2.05, 4.69) is 4.72 Å². The van der Waals surface area contributed by atoms with Gasteiger partial charge in [0, 0.05) is 24.7 Å². The first-order valence-corrected chi connectivity index (χ1v) is 11.9. The molecule has 0 bridgehead atoms. The molecule has 0 heterocycles. The fraction of sp³-hybridized carbons (Fsp3) is 0.619. The van der Waals surface area contributed by atoms with Crippen molar-refractivity contribution >= 4 is 21.9 Å². The minimum Gasteiger partial charge on any atom is -0.466 e. The number of hydrogen-bond acceptors (Lipinski definition) is 5. The summed E-state index contributed by atoms with van der Waals surface area (Å²) in [5, 5.41) is 0. The monoisotopic (exact) mass is 422 g/mol. The molecule has 160 valence electrons. The second-order valence-corrected chi connectivity index (χ2v) is 9.59. The molecule has 0 saturated heterocycles. The van der Waals surface area contributed by atoms with E-state index < -0.39 is 10.0 Å². The van der Waals surface area contributed by atoms with E-state index >= 15 is 0 Å². The molecule has 0 atom stereocenters. The molecule has 1 amide bonds. The molecule has 1 aromatic rings. The lowest BCUT2D eigenvalue weighted by molar-refractivity contribution is -0.143. The van der Waals surface area contributed by atoms with Gasteiger partial charge >= 0.3 is 5.97 Å². The molecule has 0 aliphatic heterocycles. The summed E-state index contributed by atoms with van der Waals surface area (Å²) in [6.45, 7) is 2.90. The van der Waals surface area contributed by atoms with Gasteiger partial charge in [0.15, 0.2) is 0 Å². The van der Waals surface area contributed by atoms with Crippen LogP contribution >= 0.6 is 0 Å². The van der Waals surface area contributed by atoms with E-state index in [1.807, 2.05) is 0 Å². The summed E-state index contributed by atoms with van der Waals surface area (Å²) < 4.78 is 33.1. The van der Waals surface area contributed by atoms with Crippen LogP contribution in [0.1, 0.15) is 62.2 Å². The number of nitrogens with one attached hydrogen (secondary N) is 1. The van der Waals surface area contributed by atoms with Crippen molar-refractivity contribution in [2.75, 3.05) is 19.7 Å². The molecule has 0 unspecified atom stereocenters. The number of nitrogens with zero attached hydrogens (tertiary/aromatic N) is 1. The van der Waals surface area contributed by atoms with Crippen LogP contribution in [0, 0.1) is 5.92 Å². The quantitative estimate of drug-likeness (QED) is 0.585. The molecule has 0 spiro atoms. The van der Waals surface area contributed by atoms with Crippen LogP contribution in [0.5, 0.6) is 0 Å². The molecular formula is C21H30N2O5S. The molecule has 29 heavy (non-hydrogen) atoms. The Morgan fingerprint density at radius 1 is 1.17 bits per heavy atom. The predicted molar refractivity (Wildman–Crippen MR) is 109 cm³/mol. The summed E-state index contributed by atoms with van der Waals surface area (Å²) in [4.78, 5) is 26.5. The van der Waals surface area contributed by atoms with Crippen LogP contribution < -0.4 is 4.72 Å². The van der Waals surface area contributed by atoms with E-state index in [4.69, 9.17) is 4.74 Å². The van der Waals surface area contributed by atoms with E-state index in [1.54, 1.807) is 24.0 Å². The third-order valence-corrected chi connectivity index (χ3v) is 6.94. The van der Waals surface area contributed by atoms with Crippen LogP contribution in [0.15, 0.2) is 29.2 Å². The first kappa shape index (κ1) is 21.8. The summed E-state index contributed by atoms with van der Waals surface area (Å²) >= 11 is 0. The molecule has 0 aromatic heterocycles. The molecule has 2 saturated carbocycles. The molecule has 1 N–H and O–H groups in total. The van der Waals surface area contributed by atoms with E-state index in [1.165, 1.54) is 12.1 Å². The lowest BCUT2D eigenvalue weighted by atomic mass is 10.2. The zero-order valence-electron chi connectivity index (χ0n) is 16.9. The van der Waals surface area contributed by atoms with Gasteiger partial charge in [-0.05, 0) is 56.7 Å². The average Bonchev–Trinajstić information content (AvgIpc) is 3.38. The smallest absolute Gasteiger partial charge is 0.307 e. The third kappa shape index (κ3) is 6.27. The molecule has 7 nitrogen and oxygen atoms in total. The Kier molecular flexibility index (Phi) is 7.29. The van der Waals surface area contributed by atoms with Crippen molar-refractivity contribution in [1.82, 2.24) is 9.62 Å². The van der Waals surface area contributed by atoms with Crippen molar-refractivity contribution in [2.45, 2.75) is 62.8 Å². The molecule has 1 aromatic carbocycles. The van der Waals surface area contributed by atoms with Crippen molar-refractivity contribution < 1.29 is 22.7 Å². The zero-order valence-corrected chi connectivity index (χ0v) is 17.7. The number of carbonyl (C=O) groups excluding carboxylic acids is 2. The first-order chi connectivity index (χ1) is 13.9. The van der Waals surface area contributed by atoms with Gasteiger partial charge in [-0.25, -0.2) is 13.1 Å². The molecule has 2 aliphatic carbocycles. The van der Waals surface area contributed by atoms with E-state index in [0.29, 0.717) is 24.6 Å². The SMILES string of the molecule is CCOC(=O)CCN(CC1CC1)C(=O)c1cccc(S(=O)(=O)NC2CCCC2)c1. The van der Waals surface area contributed by atoms with Crippen molar-refractivity contribution in [2.24, 2.45) is 5.92 Å². The number of esters is 1. The highest BCUT2D eigenvalue weighted by Crippen LogP contribution is 2.30.